The second-order valence-corrected chi connectivity index (χ2v) is 6.26. The van der Waals surface area contributed by atoms with Gasteiger partial charge in [0.25, 0.3) is 5.91 Å². The summed E-state index contributed by atoms with van der Waals surface area (Å²) in [7, 11) is 0. The van der Waals surface area contributed by atoms with E-state index in [1.807, 2.05) is 6.07 Å². The number of hydrogen-bond donors (Lipinski definition) is 4. The van der Waals surface area contributed by atoms with Gasteiger partial charge >= 0.3 is 0 Å². The van der Waals surface area contributed by atoms with Crippen LogP contribution in [0.15, 0.2) is 36.5 Å². The number of rotatable bonds is 3. The molecule has 0 atom stereocenters. The van der Waals surface area contributed by atoms with Crippen LogP contribution in [-0.4, -0.2) is 57.0 Å². The SMILES string of the molecule is Fc1ccc(F)cc1.NC(=O)c1c(N)nn2ccc(N3CCCC3)nc12.OCCO. The zero-order valence-corrected chi connectivity index (χ0v) is 16.2. The van der Waals surface area contributed by atoms with E-state index in [2.05, 4.69) is 15.0 Å². The molecule has 0 saturated carbocycles. The van der Waals surface area contributed by atoms with Crippen LogP contribution in [-0.2, 0) is 0 Å². The molecule has 3 aromatic rings. The summed E-state index contributed by atoms with van der Waals surface area (Å²) >= 11 is 0. The van der Waals surface area contributed by atoms with E-state index in [4.69, 9.17) is 21.7 Å². The number of carbonyl (C=O) groups excluding carboxylic acids is 1. The summed E-state index contributed by atoms with van der Waals surface area (Å²) < 4.78 is 25.3. The Morgan fingerprint density at radius 3 is 2.03 bits per heavy atom. The molecule has 30 heavy (non-hydrogen) atoms. The van der Waals surface area contributed by atoms with Gasteiger partial charge in [-0.25, -0.2) is 18.3 Å². The number of halogens is 2. The number of fused-ring (bicyclic) bond motifs is 1. The minimum atomic E-state index is -0.603. The molecule has 162 valence electrons. The zero-order chi connectivity index (χ0) is 22.1. The monoisotopic (exact) mass is 422 g/mol. The predicted octanol–water partition coefficient (Wildman–Crippen LogP) is 0.946. The third-order valence-corrected chi connectivity index (χ3v) is 4.08. The third-order valence-electron chi connectivity index (χ3n) is 4.08. The highest BCUT2D eigenvalue weighted by molar-refractivity contribution is 6.03. The molecule has 0 spiro atoms. The van der Waals surface area contributed by atoms with Gasteiger partial charge in [-0.2, -0.15) is 0 Å². The van der Waals surface area contributed by atoms with E-state index in [9.17, 15) is 13.6 Å². The molecule has 11 heteroatoms. The van der Waals surface area contributed by atoms with E-state index in [0.29, 0.717) is 5.65 Å². The lowest BCUT2D eigenvalue weighted by Gasteiger charge is -2.15. The van der Waals surface area contributed by atoms with Crippen molar-refractivity contribution in [1.82, 2.24) is 14.6 Å². The van der Waals surface area contributed by atoms with Gasteiger partial charge in [-0.1, -0.05) is 0 Å². The summed E-state index contributed by atoms with van der Waals surface area (Å²) in [6.07, 6.45) is 4.08. The van der Waals surface area contributed by atoms with E-state index < -0.39 is 17.5 Å². The number of aliphatic hydroxyl groups excluding tert-OH is 2. The first-order valence-corrected chi connectivity index (χ1v) is 9.19. The summed E-state index contributed by atoms with van der Waals surface area (Å²) in [4.78, 5) is 18.0. The lowest BCUT2D eigenvalue weighted by atomic mass is 10.3. The molecule has 0 bridgehead atoms. The second kappa shape index (κ2) is 11.0. The number of aromatic nitrogens is 3. The molecule has 2 aromatic heterocycles. The number of amides is 1. The van der Waals surface area contributed by atoms with Crippen LogP contribution in [0.3, 0.4) is 0 Å². The number of carbonyl (C=O) groups is 1. The summed E-state index contributed by atoms with van der Waals surface area (Å²) in [5.74, 6) is -0.470. The number of hydrogen-bond acceptors (Lipinski definition) is 7. The minimum absolute atomic E-state index is 0.119. The fourth-order valence-corrected chi connectivity index (χ4v) is 2.72. The van der Waals surface area contributed by atoms with Crippen molar-refractivity contribution in [3.63, 3.8) is 0 Å². The molecule has 1 fully saturated rings. The van der Waals surface area contributed by atoms with E-state index in [-0.39, 0.29) is 24.6 Å². The van der Waals surface area contributed by atoms with Gasteiger partial charge in [-0.05, 0) is 43.2 Å². The van der Waals surface area contributed by atoms with Crippen molar-refractivity contribution in [2.24, 2.45) is 5.73 Å². The van der Waals surface area contributed by atoms with Gasteiger partial charge in [0.05, 0.1) is 13.2 Å². The molecule has 0 unspecified atom stereocenters. The van der Waals surface area contributed by atoms with E-state index in [0.717, 1.165) is 56.0 Å². The Morgan fingerprint density at radius 2 is 1.57 bits per heavy atom. The van der Waals surface area contributed by atoms with E-state index in [1.54, 1.807) is 6.20 Å². The standard InChI is InChI=1S/C11H14N6O.C6H4F2.C2H6O2/c12-9-8(10(13)18)11-14-7(3-6-17(11)15-9)16-4-1-2-5-16;7-5-1-2-6(8)4-3-5;3-1-2-4/h3,6H,1-2,4-5H2,(H2,12,15)(H2,13,18);1-4H;3-4H,1-2H2. The summed E-state index contributed by atoms with van der Waals surface area (Å²) in [5, 5.41) is 19.3. The first-order chi connectivity index (χ1) is 14.4. The van der Waals surface area contributed by atoms with E-state index in [1.165, 1.54) is 4.52 Å². The van der Waals surface area contributed by atoms with Crippen molar-refractivity contribution < 1.29 is 23.8 Å². The number of anilines is 2. The van der Waals surface area contributed by atoms with Gasteiger partial charge in [0.2, 0.25) is 0 Å². The largest absolute Gasteiger partial charge is 0.394 e. The summed E-state index contributed by atoms with van der Waals surface area (Å²) in [5.41, 5.74) is 11.6. The fraction of sp³-hybridized carbons (Fsp3) is 0.316. The van der Waals surface area contributed by atoms with Gasteiger partial charge < -0.3 is 26.6 Å². The van der Waals surface area contributed by atoms with Gasteiger partial charge in [0.1, 0.15) is 23.0 Å². The van der Waals surface area contributed by atoms with Gasteiger partial charge in [-0.15, -0.1) is 5.10 Å². The van der Waals surface area contributed by atoms with Crippen molar-refractivity contribution in [3.05, 3.63) is 53.7 Å². The van der Waals surface area contributed by atoms with Crippen molar-refractivity contribution >= 4 is 23.2 Å². The third kappa shape index (κ3) is 6.09. The van der Waals surface area contributed by atoms with Crippen molar-refractivity contribution in [2.75, 3.05) is 36.9 Å². The topological polar surface area (TPSA) is 143 Å². The molecular formula is C19H24F2N6O3. The molecule has 1 aromatic carbocycles. The average Bonchev–Trinajstić information content (AvgIpc) is 3.37. The van der Waals surface area contributed by atoms with Gasteiger partial charge in [0.15, 0.2) is 11.5 Å². The maximum atomic E-state index is 11.9. The highest BCUT2D eigenvalue weighted by Crippen LogP contribution is 2.21. The van der Waals surface area contributed by atoms with Crippen LogP contribution in [0.5, 0.6) is 0 Å². The molecule has 1 aliphatic heterocycles. The number of nitrogens with zero attached hydrogens (tertiary/aromatic N) is 4. The van der Waals surface area contributed by atoms with Crippen LogP contribution in [0.4, 0.5) is 20.4 Å². The highest BCUT2D eigenvalue weighted by Gasteiger charge is 2.19. The first kappa shape index (κ1) is 23.0. The lowest BCUT2D eigenvalue weighted by molar-refractivity contribution is 0.100. The quantitative estimate of drug-likeness (QED) is 0.492. The fourth-order valence-electron chi connectivity index (χ4n) is 2.72. The molecular weight excluding hydrogens is 398 g/mol. The smallest absolute Gasteiger partial charge is 0.256 e. The molecule has 4 rings (SSSR count). The van der Waals surface area contributed by atoms with Crippen molar-refractivity contribution in [2.45, 2.75) is 12.8 Å². The number of nitrogen functional groups attached to an aromatic ring is 1. The molecule has 9 nitrogen and oxygen atoms in total. The molecule has 3 heterocycles. The number of nitrogens with two attached hydrogens (primary N) is 2. The maximum Gasteiger partial charge on any atom is 0.256 e. The Kier molecular flexibility index (Phi) is 8.44. The van der Waals surface area contributed by atoms with Gasteiger partial charge in [0, 0.05) is 19.3 Å². The molecule has 6 N–H and O–H groups in total. The Hall–Kier alpha value is -3.31. The summed E-state index contributed by atoms with van der Waals surface area (Å²) in [6.45, 7) is 1.72. The Labute approximate surface area is 171 Å². The highest BCUT2D eigenvalue weighted by atomic mass is 19.1. The van der Waals surface area contributed by atoms with Gasteiger partial charge in [-0.3, -0.25) is 4.79 Å². The van der Waals surface area contributed by atoms with Crippen LogP contribution in [0, 0.1) is 11.6 Å². The molecule has 1 saturated heterocycles. The second-order valence-electron chi connectivity index (χ2n) is 6.26. The van der Waals surface area contributed by atoms with Crippen molar-refractivity contribution in [3.8, 4) is 0 Å². The number of primary amides is 1. The first-order valence-electron chi connectivity index (χ1n) is 9.19. The normalized spacial score (nSPS) is 12.7. The summed E-state index contributed by atoms with van der Waals surface area (Å²) in [6, 6.07) is 6.19. The van der Waals surface area contributed by atoms with E-state index >= 15 is 0 Å². The van der Waals surface area contributed by atoms with Crippen LogP contribution in [0.2, 0.25) is 0 Å². The predicted molar refractivity (Wildman–Crippen MR) is 108 cm³/mol. The lowest BCUT2D eigenvalue weighted by Crippen LogP contribution is -2.19. The Morgan fingerprint density at radius 1 is 1.03 bits per heavy atom. The van der Waals surface area contributed by atoms with Crippen molar-refractivity contribution in [1.29, 1.82) is 0 Å². The number of benzene rings is 1. The molecule has 1 amide bonds. The van der Waals surface area contributed by atoms with Crippen LogP contribution in [0.1, 0.15) is 23.2 Å². The zero-order valence-electron chi connectivity index (χ0n) is 16.2. The van der Waals surface area contributed by atoms with Crippen LogP contribution in [0.25, 0.3) is 5.65 Å². The van der Waals surface area contributed by atoms with Crippen LogP contribution < -0.4 is 16.4 Å². The average molecular weight is 422 g/mol. The Bertz CT molecular complexity index is 936. The minimum Gasteiger partial charge on any atom is -0.394 e. The molecule has 0 radical (unpaired) electrons. The maximum absolute atomic E-state index is 11.9. The van der Waals surface area contributed by atoms with Crippen LogP contribution >= 0.6 is 0 Å². The number of aliphatic hydroxyl groups is 2. The molecule has 0 aliphatic carbocycles. The Balaban J connectivity index is 0.000000222. The molecule has 1 aliphatic rings.